The summed E-state index contributed by atoms with van der Waals surface area (Å²) in [6.45, 7) is 0. The van der Waals surface area contributed by atoms with Gasteiger partial charge in [-0.05, 0) is 36.5 Å². The maximum atomic E-state index is 12.9. The first-order chi connectivity index (χ1) is 11.8. The van der Waals surface area contributed by atoms with Crippen LogP contribution in [0.1, 0.15) is 11.1 Å². The second kappa shape index (κ2) is 7.84. The molecule has 0 aromatic heterocycles. The van der Waals surface area contributed by atoms with Crippen molar-refractivity contribution in [3.05, 3.63) is 53.6 Å². The summed E-state index contributed by atoms with van der Waals surface area (Å²) in [7, 11) is 1.41. The van der Waals surface area contributed by atoms with E-state index in [1.807, 2.05) is 0 Å². The van der Waals surface area contributed by atoms with E-state index in [0.717, 1.165) is 6.07 Å². The lowest BCUT2D eigenvalue weighted by molar-refractivity contribution is -0.136. The second-order valence-corrected chi connectivity index (χ2v) is 5.17. The van der Waals surface area contributed by atoms with Gasteiger partial charge in [0.15, 0.2) is 16.6 Å². The van der Waals surface area contributed by atoms with Gasteiger partial charge in [-0.15, -0.1) is 0 Å². The Morgan fingerprint density at radius 1 is 1.20 bits per heavy atom. The number of aromatic hydroxyl groups is 1. The molecule has 0 amide bonds. The summed E-state index contributed by atoms with van der Waals surface area (Å²) in [5, 5.41) is 16.0. The molecule has 0 bridgehead atoms. The van der Waals surface area contributed by atoms with E-state index in [9.17, 15) is 18.3 Å². The number of phenolic OH excluding ortho intramolecular Hbond substituents is 1. The summed E-state index contributed by atoms with van der Waals surface area (Å²) in [5.74, 6) is 0.153. The summed E-state index contributed by atoms with van der Waals surface area (Å²) in [6.07, 6.45) is -3.24. The number of hydrazone groups is 1. The van der Waals surface area contributed by atoms with Crippen molar-refractivity contribution in [3.8, 4) is 11.5 Å². The van der Waals surface area contributed by atoms with E-state index >= 15 is 0 Å². The van der Waals surface area contributed by atoms with Gasteiger partial charge in [-0.25, -0.2) is 0 Å². The Morgan fingerprint density at radius 3 is 2.60 bits per heavy atom. The molecule has 25 heavy (non-hydrogen) atoms. The molecule has 0 saturated heterocycles. The molecule has 132 valence electrons. The first kappa shape index (κ1) is 18.5. The Labute approximate surface area is 147 Å². The van der Waals surface area contributed by atoms with Crippen molar-refractivity contribution >= 4 is 29.2 Å². The molecule has 0 radical (unpaired) electrons. The molecule has 3 N–H and O–H groups in total. The molecule has 0 spiro atoms. The number of anilines is 1. The highest BCUT2D eigenvalue weighted by Gasteiger charge is 2.33. The smallest absolute Gasteiger partial charge is 0.418 e. The number of nitrogens with one attached hydrogen (secondary N) is 2. The zero-order valence-electron chi connectivity index (χ0n) is 13.0. The fraction of sp³-hybridized carbons (Fsp3) is 0.125. The third kappa shape index (κ3) is 4.83. The van der Waals surface area contributed by atoms with Gasteiger partial charge in [-0.1, -0.05) is 18.2 Å². The molecule has 0 unspecified atom stereocenters. The first-order valence-corrected chi connectivity index (χ1v) is 7.36. The number of rotatable bonds is 4. The SMILES string of the molecule is COc1cccc(/C=N/NC(=S)Nc2ccccc2C(F)(F)F)c1O. The molecular weight excluding hydrogens is 355 g/mol. The quantitative estimate of drug-likeness (QED) is 0.435. The van der Waals surface area contributed by atoms with E-state index in [4.69, 9.17) is 17.0 Å². The van der Waals surface area contributed by atoms with Crippen molar-refractivity contribution in [1.82, 2.24) is 5.43 Å². The van der Waals surface area contributed by atoms with Gasteiger partial charge in [0, 0.05) is 5.56 Å². The third-order valence-corrected chi connectivity index (χ3v) is 3.29. The summed E-state index contributed by atoms with van der Waals surface area (Å²) in [5.41, 5.74) is 1.72. The number of hydrogen-bond donors (Lipinski definition) is 3. The topological polar surface area (TPSA) is 65.9 Å². The van der Waals surface area contributed by atoms with Crippen LogP contribution >= 0.6 is 12.2 Å². The number of ether oxygens (including phenoxy) is 1. The van der Waals surface area contributed by atoms with Crippen LogP contribution < -0.4 is 15.5 Å². The standard InChI is InChI=1S/C16H14F3N3O2S/c1-24-13-8-4-5-10(14(13)23)9-20-22-15(25)21-12-7-3-2-6-11(12)16(17,18)19/h2-9,23H,1H3,(H2,21,22,25)/b20-9+. The van der Waals surface area contributed by atoms with Gasteiger partial charge in [0.2, 0.25) is 0 Å². The minimum absolute atomic E-state index is 0.114. The molecule has 0 aliphatic heterocycles. The summed E-state index contributed by atoms with van der Waals surface area (Å²) in [4.78, 5) is 0. The summed E-state index contributed by atoms with van der Waals surface area (Å²) < 4.78 is 43.7. The van der Waals surface area contributed by atoms with Crippen LogP contribution in [-0.4, -0.2) is 23.5 Å². The lowest BCUT2D eigenvalue weighted by Gasteiger charge is -2.14. The van der Waals surface area contributed by atoms with Gasteiger partial charge < -0.3 is 15.2 Å². The fourth-order valence-electron chi connectivity index (χ4n) is 1.96. The Kier molecular flexibility index (Phi) is 5.81. The highest BCUT2D eigenvalue weighted by atomic mass is 32.1. The van der Waals surface area contributed by atoms with E-state index in [0.29, 0.717) is 5.56 Å². The minimum Gasteiger partial charge on any atom is -0.504 e. The summed E-state index contributed by atoms with van der Waals surface area (Å²) in [6, 6.07) is 9.75. The van der Waals surface area contributed by atoms with Crippen molar-refractivity contribution in [1.29, 1.82) is 0 Å². The van der Waals surface area contributed by atoms with Crippen LogP contribution in [0, 0.1) is 0 Å². The molecule has 2 rings (SSSR count). The Morgan fingerprint density at radius 2 is 1.92 bits per heavy atom. The Balaban J connectivity index is 2.05. The number of nitrogens with zero attached hydrogens (tertiary/aromatic N) is 1. The van der Waals surface area contributed by atoms with Gasteiger partial charge in [0.1, 0.15) is 0 Å². The highest BCUT2D eigenvalue weighted by molar-refractivity contribution is 7.80. The molecule has 0 fully saturated rings. The van der Waals surface area contributed by atoms with Crippen LogP contribution in [0.5, 0.6) is 11.5 Å². The van der Waals surface area contributed by atoms with E-state index in [2.05, 4.69) is 15.8 Å². The second-order valence-electron chi connectivity index (χ2n) is 4.77. The average Bonchev–Trinajstić information content (AvgIpc) is 2.56. The van der Waals surface area contributed by atoms with E-state index in [-0.39, 0.29) is 22.3 Å². The fourth-order valence-corrected chi connectivity index (χ4v) is 2.12. The maximum absolute atomic E-state index is 12.9. The Hall–Kier alpha value is -2.81. The normalized spacial score (nSPS) is 11.4. The zero-order valence-corrected chi connectivity index (χ0v) is 13.8. The van der Waals surface area contributed by atoms with Gasteiger partial charge >= 0.3 is 6.18 Å². The molecule has 0 aliphatic carbocycles. The molecular formula is C16H14F3N3O2S. The molecule has 0 saturated carbocycles. The minimum atomic E-state index is -4.51. The van der Waals surface area contributed by atoms with Gasteiger partial charge in [0.25, 0.3) is 0 Å². The van der Waals surface area contributed by atoms with Crippen LogP contribution in [0.2, 0.25) is 0 Å². The number of benzene rings is 2. The lowest BCUT2D eigenvalue weighted by Crippen LogP contribution is -2.25. The molecule has 9 heteroatoms. The van der Waals surface area contributed by atoms with E-state index in [1.54, 1.807) is 18.2 Å². The van der Waals surface area contributed by atoms with Gasteiger partial charge in [0.05, 0.1) is 24.6 Å². The third-order valence-electron chi connectivity index (χ3n) is 3.10. The number of alkyl halides is 3. The number of phenols is 1. The number of para-hydroxylation sites is 2. The van der Waals surface area contributed by atoms with Crippen LogP contribution in [0.4, 0.5) is 18.9 Å². The molecule has 2 aromatic rings. The van der Waals surface area contributed by atoms with Crippen molar-refractivity contribution in [3.63, 3.8) is 0 Å². The molecule has 0 atom stereocenters. The van der Waals surface area contributed by atoms with Crippen LogP contribution in [-0.2, 0) is 6.18 Å². The highest BCUT2D eigenvalue weighted by Crippen LogP contribution is 2.34. The van der Waals surface area contributed by atoms with Gasteiger partial charge in [-0.3, -0.25) is 5.43 Å². The molecule has 2 aromatic carbocycles. The lowest BCUT2D eigenvalue weighted by atomic mass is 10.2. The first-order valence-electron chi connectivity index (χ1n) is 6.95. The molecule has 0 heterocycles. The van der Waals surface area contributed by atoms with Crippen molar-refractivity contribution < 1.29 is 23.0 Å². The van der Waals surface area contributed by atoms with Crippen LogP contribution in [0.25, 0.3) is 0 Å². The maximum Gasteiger partial charge on any atom is 0.418 e. The van der Waals surface area contributed by atoms with Crippen LogP contribution in [0.3, 0.4) is 0 Å². The van der Waals surface area contributed by atoms with Crippen molar-refractivity contribution in [2.45, 2.75) is 6.18 Å². The molecule has 5 nitrogen and oxygen atoms in total. The van der Waals surface area contributed by atoms with Crippen molar-refractivity contribution in [2.24, 2.45) is 5.10 Å². The largest absolute Gasteiger partial charge is 0.504 e. The zero-order chi connectivity index (χ0) is 18.4. The van der Waals surface area contributed by atoms with E-state index in [1.165, 1.54) is 31.5 Å². The number of halogens is 3. The predicted molar refractivity (Wildman–Crippen MR) is 93.1 cm³/mol. The number of methoxy groups -OCH3 is 1. The summed E-state index contributed by atoms with van der Waals surface area (Å²) >= 11 is 4.92. The van der Waals surface area contributed by atoms with E-state index < -0.39 is 11.7 Å². The van der Waals surface area contributed by atoms with Gasteiger partial charge in [-0.2, -0.15) is 18.3 Å². The average molecular weight is 369 g/mol. The predicted octanol–water partition coefficient (Wildman–Crippen LogP) is 3.74. The molecule has 0 aliphatic rings. The van der Waals surface area contributed by atoms with Crippen LogP contribution in [0.15, 0.2) is 47.6 Å². The van der Waals surface area contributed by atoms with Crippen molar-refractivity contribution in [2.75, 3.05) is 12.4 Å². The monoisotopic (exact) mass is 369 g/mol. The number of thiocarbonyl (C=S) groups is 1. The Bertz CT molecular complexity index is 794. The number of hydrogen-bond acceptors (Lipinski definition) is 4.